The second-order valence-electron chi connectivity index (χ2n) is 6.72. The predicted octanol–water partition coefficient (Wildman–Crippen LogP) is 1.38. The maximum Gasteiger partial charge on any atom is 0.204 e. The zero-order valence-corrected chi connectivity index (χ0v) is 15.6. The Kier molecular flexibility index (Phi) is 6.61. The molecular formula is C19H26FN5O2. The third-order valence-corrected chi connectivity index (χ3v) is 5.21. The van der Waals surface area contributed by atoms with Gasteiger partial charge in [-0.15, -0.1) is 0 Å². The number of hydrogen-bond donors (Lipinski definition) is 2. The van der Waals surface area contributed by atoms with E-state index < -0.39 is 5.79 Å². The average molecular weight is 375 g/mol. The second-order valence-corrected chi connectivity index (χ2v) is 6.72. The van der Waals surface area contributed by atoms with E-state index in [1.54, 1.807) is 19.2 Å². The molecule has 0 spiro atoms. The van der Waals surface area contributed by atoms with E-state index in [0.29, 0.717) is 25.7 Å². The fourth-order valence-corrected chi connectivity index (χ4v) is 3.85. The van der Waals surface area contributed by atoms with Gasteiger partial charge in [0.05, 0.1) is 13.2 Å². The maximum atomic E-state index is 13.3. The van der Waals surface area contributed by atoms with E-state index in [9.17, 15) is 4.39 Å². The summed E-state index contributed by atoms with van der Waals surface area (Å²) >= 11 is 0. The number of piperidine rings is 1. The monoisotopic (exact) mass is 375 g/mol. The van der Waals surface area contributed by atoms with Crippen molar-refractivity contribution in [1.82, 2.24) is 15.5 Å². The van der Waals surface area contributed by atoms with Crippen molar-refractivity contribution in [2.45, 2.75) is 18.6 Å². The van der Waals surface area contributed by atoms with Crippen molar-refractivity contribution >= 4 is 5.96 Å². The van der Waals surface area contributed by atoms with Crippen LogP contribution in [0, 0.1) is 23.2 Å². The molecule has 2 aliphatic rings. The van der Waals surface area contributed by atoms with Crippen molar-refractivity contribution in [2.75, 3.05) is 46.4 Å². The first-order valence-corrected chi connectivity index (χ1v) is 9.30. The van der Waals surface area contributed by atoms with Gasteiger partial charge in [-0.1, -0.05) is 12.1 Å². The number of halogens is 1. The summed E-state index contributed by atoms with van der Waals surface area (Å²) < 4.78 is 25.4. The molecule has 2 saturated heterocycles. The van der Waals surface area contributed by atoms with Gasteiger partial charge in [0, 0.05) is 31.6 Å². The summed E-state index contributed by atoms with van der Waals surface area (Å²) in [5.74, 6) is -0.287. The summed E-state index contributed by atoms with van der Waals surface area (Å²) in [5.41, 5.74) is 0.896. The molecule has 8 heteroatoms. The highest BCUT2D eigenvalue weighted by Crippen LogP contribution is 2.43. The number of aliphatic imine (C=N–C) groups is 1. The molecule has 3 rings (SSSR count). The third-order valence-electron chi connectivity index (χ3n) is 5.21. The molecule has 0 aliphatic carbocycles. The Morgan fingerprint density at radius 3 is 2.56 bits per heavy atom. The van der Waals surface area contributed by atoms with Crippen molar-refractivity contribution < 1.29 is 13.9 Å². The number of nitrogens with one attached hydrogen (secondary N) is 2. The predicted molar refractivity (Wildman–Crippen MR) is 99.3 cm³/mol. The minimum absolute atomic E-state index is 0.239. The first kappa shape index (κ1) is 19.5. The highest BCUT2D eigenvalue weighted by atomic mass is 19.1. The fourth-order valence-electron chi connectivity index (χ4n) is 3.85. The molecule has 7 nitrogen and oxygen atoms in total. The Balaban J connectivity index is 1.54. The molecule has 0 bridgehead atoms. The summed E-state index contributed by atoms with van der Waals surface area (Å²) in [6, 6.07) is 6.46. The quantitative estimate of drug-likeness (QED) is 0.350. The van der Waals surface area contributed by atoms with Gasteiger partial charge in [-0.25, -0.2) is 4.39 Å². The molecule has 0 amide bonds. The molecule has 2 heterocycles. The van der Waals surface area contributed by atoms with Crippen molar-refractivity contribution in [3.63, 3.8) is 0 Å². The van der Waals surface area contributed by atoms with Crippen LogP contribution in [0.5, 0.6) is 0 Å². The number of guanidine groups is 1. The van der Waals surface area contributed by atoms with Gasteiger partial charge in [-0.3, -0.25) is 10.3 Å². The van der Waals surface area contributed by atoms with Crippen molar-refractivity contribution in [3.05, 3.63) is 35.6 Å². The standard InChI is InChI=1S/C19H26FN5O2/c1-22-18(24-14-21)23-8-11-25-9-6-16(7-10-25)19(26-12-13-27-19)15-2-4-17(20)5-3-15/h2-5,16H,6-13H2,1H3,(H2,22,23,24). The Labute approximate surface area is 159 Å². The molecule has 0 unspecified atom stereocenters. The number of hydrogen-bond acceptors (Lipinski definition) is 5. The summed E-state index contributed by atoms with van der Waals surface area (Å²) in [6.45, 7) is 4.57. The first-order chi connectivity index (χ1) is 13.2. The Morgan fingerprint density at radius 1 is 1.30 bits per heavy atom. The van der Waals surface area contributed by atoms with E-state index >= 15 is 0 Å². The Hall–Kier alpha value is -2.21. The Bertz CT molecular complexity index is 674. The first-order valence-electron chi connectivity index (χ1n) is 9.30. The molecule has 1 aromatic carbocycles. The van der Waals surface area contributed by atoms with Crippen LogP contribution in [0.2, 0.25) is 0 Å². The topological polar surface area (TPSA) is 81.9 Å². The lowest BCUT2D eigenvalue weighted by Gasteiger charge is -2.41. The molecule has 27 heavy (non-hydrogen) atoms. The zero-order chi connectivity index (χ0) is 19.1. The van der Waals surface area contributed by atoms with Crippen molar-refractivity contribution in [1.29, 1.82) is 5.26 Å². The SMILES string of the molecule is CN=C(NC#N)NCCN1CCC(C2(c3ccc(F)cc3)OCCO2)CC1. The van der Waals surface area contributed by atoms with Gasteiger partial charge >= 0.3 is 0 Å². The van der Waals surface area contributed by atoms with E-state index in [4.69, 9.17) is 14.7 Å². The largest absolute Gasteiger partial charge is 0.354 e. The summed E-state index contributed by atoms with van der Waals surface area (Å²) in [5, 5.41) is 14.3. The van der Waals surface area contributed by atoms with Crippen LogP contribution in [-0.2, 0) is 15.3 Å². The van der Waals surface area contributed by atoms with Crippen LogP contribution < -0.4 is 10.6 Å². The van der Waals surface area contributed by atoms with Gasteiger partial charge in [-0.05, 0) is 38.1 Å². The number of likely N-dealkylation sites (tertiary alicyclic amines) is 1. The van der Waals surface area contributed by atoms with Gasteiger partial charge in [0.15, 0.2) is 12.0 Å². The maximum absolute atomic E-state index is 13.3. The van der Waals surface area contributed by atoms with Crippen LogP contribution in [0.25, 0.3) is 0 Å². The molecule has 0 atom stereocenters. The smallest absolute Gasteiger partial charge is 0.204 e. The third kappa shape index (κ3) is 4.56. The minimum atomic E-state index is -0.753. The van der Waals surface area contributed by atoms with Crippen molar-refractivity contribution in [3.8, 4) is 6.19 Å². The molecule has 2 N–H and O–H groups in total. The van der Waals surface area contributed by atoms with Crippen LogP contribution in [0.1, 0.15) is 18.4 Å². The molecule has 0 saturated carbocycles. The van der Waals surface area contributed by atoms with Gasteiger partial charge in [0.2, 0.25) is 5.96 Å². The lowest BCUT2D eigenvalue weighted by Crippen LogP contribution is -2.46. The number of benzene rings is 1. The van der Waals surface area contributed by atoms with E-state index in [1.807, 2.05) is 6.19 Å². The fraction of sp³-hybridized carbons (Fsp3) is 0.579. The molecular weight excluding hydrogens is 349 g/mol. The van der Waals surface area contributed by atoms with E-state index in [0.717, 1.165) is 38.0 Å². The second kappa shape index (κ2) is 9.13. The molecule has 0 aromatic heterocycles. The Morgan fingerprint density at radius 2 is 1.96 bits per heavy atom. The van der Waals surface area contributed by atoms with Crippen LogP contribution in [0.15, 0.2) is 29.3 Å². The average Bonchev–Trinajstić information content (AvgIpc) is 3.19. The van der Waals surface area contributed by atoms with Crippen LogP contribution in [-0.4, -0.2) is 57.3 Å². The van der Waals surface area contributed by atoms with Crippen LogP contribution in [0.3, 0.4) is 0 Å². The molecule has 2 aliphatic heterocycles. The van der Waals surface area contributed by atoms with Gasteiger partial charge < -0.3 is 19.7 Å². The lowest BCUT2D eigenvalue weighted by molar-refractivity contribution is -0.214. The molecule has 146 valence electrons. The minimum Gasteiger partial charge on any atom is -0.354 e. The van der Waals surface area contributed by atoms with Crippen LogP contribution >= 0.6 is 0 Å². The number of nitriles is 1. The number of nitrogens with zero attached hydrogens (tertiary/aromatic N) is 3. The lowest BCUT2D eigenvalue weighted by atomic mass is 9.84. The van der Waals surface area contributed by atoms with Gasteiger partial charge in [0.25, 0.3) is 0 Å². The van der Waals surface area contributed by atoms with Gasteiger partial charge in [0.1, 0.15) is 5.82 Å². The summed E-state index contributed by atoms with van der Waals surface area (Å²) in [6.07, 6.45) is 3.75. The van der Waals surface area contributed by atoms with Crippen LogP contribution in [0.4, 0.5) is 4.39 Å². The highest BCUT2D eigenvalue weighted by Gasteiger charge is 2.46. The summed E-state index contributed by atoms with van der Waals surface area (Å²) in [4.78, 5) is 6.34. The number of ether oxygens (including phenoxy) is 2. The van der Waals surface area contributed by atoms with E-state index in [-0.39, 0.29) is 11.7 Å². The molecule has 2 fully saturated rings. The summed E-state index contributed by atoms with van der Waals surface area (Å²) in [7, 11) is 1.63. The van der Waals surface area contributed by atoms with E-state index in [1.165, 1.54) is 12.1 Å². The normalized spacial score (nSPS) is 21.0. The van der Waals surface area contributed by atoms with Crippen molar-refractivity contribution in [2.24, 2.45) is 10.9 Å². The van der Waals surface area contributed by atoms with Gasteiger partial charge in [-0.2, -0.15) is 5.26 Å². The van der Waals surface area contributed by atoms with E-state index in [2.05, 4.69) is 20.5 Å². The highest BCUT2D eigenvalue weighted by molar-refractivity contribution is 5.80. The zero-order valence-electron chi connectivity index (χ0n) is 15.6. The number of rotatable bonds is 5. The molecule has 0 radical (unpaired) electrons. The molecule has 1 aromatic rings.